The molecule has 29 heavy (non-hydrogen) atoms. The molecule has 1 spiro atoms. The zero-order valence-corrected chi connectivity index (χ0v) is 16.9. The summed E-state index contributed by atoms with van der Waals surface area (Å²) in [6.45, 7) is 3.07. The van der Waals surface area contributed by atoms with Crippen molar-refractivity contribution in [1.29, 1.82) is 0 Å². The van der Waals surface area contributed by atoms with Gasteiger partial charge >= 0.3 is 0 Å². The highest BCUT2D eigenvalue weighted by Gasteiger charge is 2.66. The Kier molecular flexibility index (Phi) is 4.22. The molecule has 4 atom stereocenters. The highest BCUT2D eigenvalue weighted by Crippen LogP contribution is 2.52. The van der Waals surface area contributed by atoms with Crippen LogP contribution < -0.4 is 10.1 Å². The highest BCUT2D eigenvalue weighted by molar-refractivity contribution is 7.14. The van der Waals surface area contributed by atoms with Crippen molar-refractivity contribution in [3.05, 3.63) is 41.8 Å². The van der Waals surface area contributed by atoms with E-state index in [-0.39, 0.29) is 17.9 Å². The molecule has 7 nitrogen and oxygen atoms in total. The molecule has 0 aliphatic carbocycles. The van der Waals surface area contributed by atoms with Crippen LogP contribution in [0.2, 0.25) is 0 Å². The third-order valence-electron chi connectivity index (χ3n) is 5.98. The largest absolute Gasteiger partial charge is 0.496 e. The van der Waals surface area contributed by atoms with Gasteiger partial charge in [0.1, 0.15) is 11.4 Å². The van der Waals surface area contributed by atoms with Gasteiger partial charge in [0.05, 0.1) is 37.3 Å². The summed E-state index contributed by atoms with van der Waals surface area (Å²) in [4.78, 5) is 32.2. The van der Waals surface area contributed by atoms with Crippen molar-refractivity contribution in [2.24, 2.45) is 11.8 Å². The molecule has 2 saturated heterocycles. The van der Waals surface area contributed by atoms with E-state index < -0.39 is 17.4 Å². The molecule has 1 N–H and O–H groups in total. The summed E-state index contributed by atoms with van der Waals surface area (Å²) < 4.78 is 11.5. The third-order valence-corrected chi connectivity index (χ3v) is 6.74. The lowest BCUT2D eigenvalue weighted by Crippen LogP contribution is -2.41. The molecular formula is C21H21N3O4S. The number of benzene rings is 1. The van der Waals surface area contributed by atoms with Crippen LogP contribution in [0.1, 0.15) is 6.92 Å². The second-order valence-electron chi connectivity index (χ2n) is 7.48. The Morgan fingerprint density at radius 3 is 3.07 bits per heavy atom. The summed E-state index contributed by atoms with van der Waals surface area (Å²) in [5.74, 6) is -0.513. The Bertz CT molecular complexity index is 1020. The first kappa shape index (κ1) is 18.3. The number of likely N-dealkylation sites (N-methyl/N-ethyl adjacent to an activating group) is 1. The fourth-order valence-electron chi connectivity index (χ4n) is 4.65. The lowest BCUT2D eigenvalue weighted by atomic mass is 9.77. The number of aromatic nitrogens is 1. The Labute approximate surface area is 172 Å². The molecule has 2 amide bonds. The first-order valence-corrected chi connectivity index (χ1v) is 10.5. The number of carbonyl (C=O) groups is 2. The minimum Gasteiger partial charge on any atom is -0.496 e. The number of amides is 2. The van der Waals surface area contributed by atoms with Gasteiger partial charge in [-0.1, -0.05) is 24.3 Å². The van der Waals surface area contributed by atoms with Gasteiger partial charge in [0.2, 0.25) is 11.8 Å². The second-order valence-corrected chi connectivity index (χ2v) is 8.34. The quantitative estimate of drug-likeness (QED) is 0.765. The number of thiazole rings is 1. The summed E-state index contributed by atoms with van der Waals surface area (Å²) in [6.07, 6.45) is 3.51. The molecule has 5 rings (SSSR count). The molecular weight excluding hydrogens is 390 g/mol. The van der Waals surface area contributed by atoms with Crippen LogP contribution in [0.15, 0.2) is 41.8 Å². The van der Waals surface area contributed by atoms with E-state index in [1.807, 2.05) is 48.7 Å². The van der Waals surface area contributed by atoms with E-state index in [4.69, 9.17) is 9.47 Å². The van der Waals surface area contributed by atoms with Gasteiger partial charge in [-0.15, -0.1) is 11.3 Å². The van der Waals surface area contributed by atoms with Crippen molar-refractivity contribution in [3.8, 4) is 17.0 Å². The first-order valence-electron chi connectivity index (χ1n) is 9.62. The zero-order chi connectivity index (χ0) is 20.2. The van der Waals surface area contributed by atoms with Gasteiger partial charge in [-0.05, 0) is 19.1 Å². The normalized spacial score (nSPS) is 29.4. The first-order chi connectivity index (χ1) is 14.1. The topological polar surface area (TPSA) is 80.8 Å². The average Bonchev–Trinajstić information content (AvgIpc) is 3.49. The van der Waals surface area contributed by atoms with Gasteiger partial charge in [0.25, 0.3) is 0 Å². The predicted molar refractivity (Wildman–Crippen MR) is 109 cm³/mol. The molecule has 2 bridgehead atoms. The third kappa shape index (κ3) is 2.70. The Morgan fingerprint density at radius 1 is 1.45 bits per heavy atom. The van der Waals surface area contributed by atoms with Crippen molar-refractivity contribution >= 4 is 28.3 Å². The van der Waals surface area contributed by atoms with Crippen LogP contribution >= 0.6 is 11.3 Å². The zero-order valence-electron chi connectivity index (χ0n) is 16.1. The van der Waals surface area contributed by atoms with Crippen LogP contribution in [-0.2, 0) is 14.3 Å². The van der Waals surface area contributed by atoms with Gasteiger partial charge < -0.3 is 19.7 Å². The number of hydrogen-bond acceptors (Lipinski definition) is 6. The monoisotopic (exact) mass is 411 g/mol. The van der Waals surface area contributed by atoms with Crippen LogP contribution in [0.4, 0.5) is 5.13 Å². The van der Waals surface area contributed by atoms with Gasteiger partial charge in [-0.25, -0.2) is 4.98 Å². The van der Waals surface area contributed by atoms with Gasteiger partial charge in [-0.2, -0.15) is 0 Å². The number of hydrogen-bond donors (Lipinski definition) is 1. The Morgan fingerprint density at radius 2 is 2.28 bits per heavy atom. The Hall–Kier alpha value is -2.71. The van der Waals surface area contributed by atoms with E-state index in [1.54, 1.807) is 12.0 Å². The predicted octanol–water partition coefficient (Wildman–Crippen LogP) is 2.56. The molecule has 8 heteroatoms. The molecule has 2 aromatic rings. The van der Waals surface area contributed by atoms with Crippen LogP contribution in [0.3, 0.4) is 0 Å². The number of nitrogens with one attached hydrogen (secondary N) is 1. The summed E-state index contributed by atoms with van der Waals surface area (Å²) in [5, 5.41) is 5.28. The maximum absolute atomic E-state index is 13.1. The number of nitrogens with zero attached hydrogens (tertiary/aromatic N) is 2. The van der Waals surface area contributed by atoms with E-state index in [0.717, 1.165) is 17.0 Å². The molecule has 0 saturated carbocycles. The van der Waals surface area contributed by atoms with Crippen molar-refractivity contribution in [2.75, 3.05) is 25.5 Å². The number of ether oxygens (including phenoxy) is 2. The number of methoxy groups -OCH3 is 1. The lowest BCUT2D eigenvalue weighted by Gasteiger charge is -2.23. The van der Waals surface area contributed by atoms with E-state index in [0.29, 0.717) is 18.2 Å². The smallest absolute Gasteiger partial charge is 0.233 e. The highest BCUT2D eigenvalue weighted by atomic mass is 32.1. The minimum absolute atomic E-state index is 0.00616. The number of likely N-dealkylation sites (tertiary alicyclic amines) is 1. The van der Waals surface area contributed by atoms with E-state index in [1.165, 1.54) is 11.3 Å². The molecule has 4 heterocycles. The standard InChI is InChI=1S/C21H21N3O4S/c1-3-24-11-21-9-8-15(28-21)16(17(21)19(24)26)18(25)23-20-22-13(10-29-20)12-6-4-5-7-14(12)27-2/h4-10,15-17H,3,11H2,1-2H3,(H,22,23,25)/t15-,16-,17+,21-/m1/s1. The van der Waals surface area contributed by atoms with Gasteiger partial charge in [0.15, 0.2) is 5.13 Å². The number of rotatable bonds is 5. The fraction of sp³-hybridized carbons (Fsp3) is 0.381. The maximum atomic E-state index is 13.1. The number of fused-ring (bicyclic) bond motifs is 1. The van der Waals surface area contributed by atoms with Crippen LogP contribution in [0, 0.1) is 11.8 Å². The number of para-hydroxylation sites is 1. The van der Waals surface area contributed by atoms with E-state index in [2.05, 4.69) is 10.3 Å². The molecule has 150 valence electrons. The Balaban J connectivity index is 1.37. The number of anilines is 1. The molecule has 3 aliphatic rings. The molecule has 1 aromatic carbocycles. The summed E-state index contributed by atoms with van der Waals surface area (Å²) in [7, 11) is 1.62. The van der Waals surface area contributed by atoms with Crippen molar-refractivity contribution < 1.29 is 19.1 Å². The van der Waals surface area contributed by atoms with E-state index >= 15 is 0 Å². The van der Waals surface area contributed by atoms with Crippen LogP contribution in [0.25, 0.3) is 11.3 Å². The fourth-order valence-corrected chi connectivity index (χ4v) is 5.36. The van der Waals surface area contributed by atoms with Crippen LogP contribution in [0.5, 0.6) is 5.75 Å². The summed E-state index contributed by atoms with van der Waals surface area (Å²) >= 11 is 1.35. The summed E-state index contributed by atoms with van der Waals surface area (Å²) in [5.41, 5.74) is 0.935. The average molecular weight is 411 g/mol. The number of carbonyl (C=O) groups excluding carboxylic acids is 2. The van der Waals surface area contributed by atoms with E-state index in [9.17, 15) is 9.59 Å². The van der Waals surface area contributed by atoms with Gasteiger partial charge in [-0.3, -0.25) is 9.59 Å². The van der Waals surface area contributed by atoms with Crippen molar-refractivity contribution in [3.63, 3.8) is 0 Å². The lowest BCUT2D eigenvalue weighted by molar-refractivity contribution is -0.135. The molecule has 0 unspecified atom stereocenters. The van der Waals surface area contributed by atoms with Crippen molar-refractivity contribution in [1.82, 2.24) is 9.88 Å². The molecule has 0 radical (unpaired) electrons. The van der Waals surface area contributed by atoms with Gasteiger partial charge in [0, 0.05) is 17.5 Å². The second kappa shape index (κ2) is 6.67. The maximum Gasteiger partial charge on any atom is 0.233 e. The minimum atomic E-state index is -0.661. The van der Waals surface area contributed by atoms with Crippen molar-refractivity contribution in [2.45, 2.75) is 18.6 Å². The van der Waals surface area contributed by atoms with Crippen LogP contribution in [-0.4, -0.2) is 53.6 Å². The SMILES string of the molecule is CCN1C[C@@]23C=C[C@@H](O2)[C@@H](C(=O)Nc2nc(-c4ccccc4OC)cs2)[C@H]3C1=O. The summed E-state index contributed by atoms with van der Waals surface area (Å²) in [6, 6.07) is 7.61. The molecule has 2 fully saturated rings. The molecule has 1 aromatic heterocycles. The molecule has 3 aliphatic heterocycles.